The normalized spacial score (nSPS) is 20.2. The third-order valence-corrected chi connectivity index (χ3v) is 4.92. The van der Waals surface area contributed by atoms with E-state index in [1.807, 2.05) is 0 Å². The number of carbonyl (C=O) groups is 1. The number of rotatable bonds is 4. The number of fused-ring (bicyclic) bond motifs is 1. The van der Waals surface area contributed by atoms with Gasteiger partial charge in [0.2, 0.25) is 5.43 Å². The van der Waals surface area contributed by atoms with Gasteiger partial charge >= 0.3 is 6.03 Å². The summed E-state index contributed by atoms with van der Waals surface area (Å²) in [5.74, 6) is 0. The van der Waals surface area contributed by atoms with Crippen LogP contribution in [0.5, 0.6) is 0 Å². The number of benzene rings is 1. The first kappa shape index (κ1) is 16.8. The molecule has 2 atom stereocenters. The van der Waals surface area contributed by atoms with Crippen LogP contribution in [0.25, 0.3) is 10.9 Å². The van der Waals surface area contributed by atoms with Gasteiger partial charge in [0.05, 0.1) is 25.2 Å². The molecule has 0 radical (unpaired) electrons. The van der Waals surface area contributed by atoms with Gasteiger partial charge in [-0.2, -0.15) is 0 Å². The number of nitrogens with one attached hydrogen (secondary N) is 4. The molecule has 2 amide bonds. The first-order valence-electron chi connectivity index (χ1n) is 8.29. The van der Waals surface area contributed by atoms with Crippen LogP contribution in [0.2, 0.25) is 5.02 Å². The minimum atomic E-state index is -0.351. The van der Waals surface area contributed by atoms with Gasteiger partial charge < -0.3 is 20.5 Å². The Labute approximate surface area is 145 Å². The summed E-state index contributed by atoms with van der Waals surface area (Å²) in [5.41, 5.74) is 0.650. The topological polar surface area (TPSA) is 78.4 Å². The van der Waals surface area contributed by atoms with Crippen molar-refractivity contribution in [3.05, 3.63) is 39.6 Å². The predicted molar refractivity (Wildman–Crippen MR) is 96.0 cm³/mol. The van der Waals surface area contributed by atoms with Gasteiger partial charge in [0.15, 0.2) is 0 Å². The fourth-order valence-corrected chi connectivity index (χ4v) is 3.54. The minimum absolute atomic E-state index is 0.225. The number of hydrogen-bond donors (Lipinski definition) is 4. The molecule has 1 saturated heterocycles. The van der Waals surface area contributed by atoms with E-state index in [9.17, 15) is 9.59 Å². The standard InChI is InChI=1S/C17H21ClN4O2/c1-2-22-7-3-4-12(22)9-20-17(24)21-15-10-19-14-8-11(18)5-6-13(14)16(15)23/h5-6,8,10,12H,2-4,7,9H2,1H3,(H,19,23)(H2,20,21,24)/p+1/t12-/m1/s1. The summed E-state index contributed by atoms with van der Waals surface area (Å²) in [6.07, 6.45) is 3.82. The quantitative estimate of drug-likeness (QED) is 0.672. The molecule has 6 nitrogen and oxygen atoms in total. The molecule has 1 fully saturated rings. The van der Waals surface area contributed by atoms with Crippen LogP contribution in [0.15, 0.2) is 29.2 Å². The Balaban J connectivity index is 1.66. The van der Waals surface area contributed by atoms with Crippen molar-refractivity contribution in [2.24, 2.45) is 0 Å². The number of halogens is 1. The smallest absolute Gasteiger partial charge is 0.319 e. The van der Waals surface area contributed by atoms with Crippen molar-refractivity contribution in [1.82, 2.24) is 10.3 Å². The third-order valence-electron chi connectivity index (χ3n) is 4.68. The number of aromatic amines is 1. The molecule has 1 aliphatic rings. The highest BCUT2D eigenvalue weighted by molar-refractivity contribution is 6.31. The van der Waals surface area contributed by atoms with Gasteiger partial charge in [-0.1, -0.05) is 11.6 Å². The number of carbonyl (C=O) groups excluding carboxylic acids is 1. The zero-order valence-electron chi connectivity index (χ0n) is 13.6. The van der Waals surface area contributed by atoms with Gasteiger partial charge in [-0.25, -0.2) is 4.79 Å². The van der Waals surface area contributed by atoms with E-state index in [-0.39, 0.29) is 17.1 Å². The van der Waals surface area contributed by atoms with Crippen molar-refractivity contribution in [2.75, 3.05) is 25.0 Å². The maximum absolute atomic E-state index is 12.4. The Hall–Kier alpha value is -2.05. The number of likely N-dealkylation sites (N-methyl/N-ethyl adjacent to an activating group) is 1. The predicted octanol–water partition coefficient (Wildman–Crippen LogP) is 1.37. The largest absolute Gasteiger partial charge is 0.359 e. The van der Waals surface area contributed by atoms with Crippen LogP contribution < -0.4 is 21.0 Å². The molecule has 4 N–H and O–H groups in total. The summed E-state index contributed by atoms with van der Waals surface area (Å²) < 4.78 is 0. The number of anilines is 1. The van der Waals surface area contributed by atoms with E-state index < -0.39 is 0 Å². The van der Waals surface area contributed by atoms with Crippen molar-refractivity contribution in [1.29, 1.82) is 0 Å². The first-order chi connectivity index (χ1) is 11.6. The lowest BCUT2D eigenvalue weighted by Crippen LogP contribution is -3.14. The van der Waals surface area contributed by atoms with Crippen molar-refractivity contribution >= 4 is 34.2 Å². The van der Waals surface area contributed by atoms with Crippen molar-refractivity contribution in [2.45, 2.75) is 25.8 Å². The molecular weight excluding hydrogens is 328 g/mol. The molecule has 0 aliphatic carbocycles. The van der Waals surface area contributed by atoms with Gasteiger partial charge in [-0.3, -0.25) is 4.79 Å². The van der Waals surface area contributed by atoms with E-state index in [0.29, 0.717) is 28.5 Å². The molecule has 1 unspecified atom stereocenters. The Kier molecular flexibility index (Phi) is 5.06. The first-order valence-corrected chi connectivity index (χ1v) is 8.66. The molecule has 0 saturated carbocycles. The number of quaternary nitrogens is 1. The zero-order chi connectivity index (χ0) is 17.1. The van der Waals surface area contributed by atoms with E-state index >= 15 is 0 Å². The number of aromatic nitrogens is 1. The third kappa shape index (κ3) is 3.55. The minimum Gasteiger partial charge on any atom is -0.359 e. The lowest BCUT2D eigenvalue weighted by Gasteiger charge is -2.20. The highest BCUT2D eigenvalue weighted by atomic mass is 35.5. The monoisotopic (exact) mass is 349 g/mol. The van der Waals surface area contributed by atoms with Crippen molar-refractivity contribution in [3.8, 4) is 0 Å². The molecule has 1 aromatic carbocycles. The zero-order valence-corrected chi connectivity index (χ0v) is 14.4. The number of likely N-dealkylation sites (tertiary alicyclic amines) is 1. The number of amides is 2. The average molecular weight is 350 g/mol. The van der Waals surface area contributed by atoms with Crippen molar-refractivity contribution in [3.63, 3.8) is 0 Å². The highest BCUT2D eigenvalue weighted by Gasteiger charge is 2.27. The number of urea groups is 1. The van der Waals surface area contributed by atoms with Gasteiger partial charge in [0.25, 0.3) is 0 Å². The van der Waals surface area contributed by atoms with Gasteiger partial charge in [-0.15, -0.1) is 0 Å². The number of pyridine rings is 1. The van der Waals surface area contributed by atoms with E-state index in [2.05, 4.69) is 22.5 Å². The van der Waals surface area contributed by atoms with Crippen LogP contribution in [0.4, 0.5) is 10.5 Å². The van der Waals surface area contributed by atoms with Crippen LogP contribution in [0.1, 0.15) is 19.8 Å². The maximum atomic E-state index is 12.4. The fourth-order valence-electron chi connectivity index (χ4n) is 3.37. The molecule has 128 valence electrons. The Morgan fingerprint density at radius 1 is 1.46 bits per heavy atom. The lowest BCUT2D eigenvalue weighted by atomic mass is 10.2. The van der Waals surface area contributed by atoms with Crippen LogP contribution in [0.3, 0.4) is 0 Å². The summed E-state index contributed by atoms with van der Waals surface area (Å²) in [6, 6.07) is 5.10. The Bertz CT molecular complexity index is 805. The molecule has 1 aliphatic heterocycles. The van der Waals surface area contributed by atoms with E-state index in [1.165, 1.54) is 17.5 Å². The number of hydrogen-bond acceptors (Lipinski definition) is 2. The van der Waals surface area contributed by atoms with Crippen LogP contribution in [-0.4, -0.2) is 36.7 Å². The van der Waals surface area contributed by atoms with Gasteiger partial charge in [-0.05, 0) is 25.1 Å². The van der Waals surface area contributed by atoms with Crippen LogP contribution >= 0.6 is 11.6 Å². The summed E-state index contributed by atoms with van der Waals surface area (Å²) >= 11 is 5.92. The average Bonchev–Trinajstić information content (AvgIpc) is 3.03. The molecule has 0 spiro atoms. The van der Waals surface area contributed by atoms with Crippen LogP contribution in [-0.2, 0) is 0 Å². The van der Waals surface area contributed by atoms with Crippen LogP contribution in [0, 0.1) is 0 Å². The molecule has 7 heteroatoms. The van der Waals surface area contributed by atoms with E-state index in [0.717, 1.165) is 19.5 Å². The van der Waals surface area contributed by atoms with Gasteiger partial charge in [0, 0.05) is 29.4 Å². The fraction of sp³-hybridized carbons (Fsp3) is 0.412. The SMILES string of the molecule is CC[NH+]1CCC[C@@H]1CNC(=O)Nc1c[nH]c2cc(Cl)ccc2c1=O. The molecule has 24 heavy (non-hydrogen) atoms. The highest BCUT2D eigenvalue weighted by Crippen LogP contribution is 2.16. The molecular formula is C17H22ClN4O2+. The maximum Gasteiger partial charge on any atom is 0.319 e. The second-order valence-corrected chi connectivity index (χ2v) is 6.59. The summed E-state index contributed by atoms with van der Waals surface area (Å²) in [6.45, 7) is 5.02. The summed E-state index contributed by atoms with van der Waals surface area (Å²) in [5, 5.41) is 6.56. The Morgan fingerprint density at radius 3 is 3.08 bits per heavy atom. The number of H-pyrrole nitrogens is 1. The molecule has 0 bridgehead atoms. The summed E-state index contributed by atoms with van der Waals surface area (Å²) in [4.78, 5) is 29.0. The van der Waals surface area contributed by atoms with E-state index in [4.69, 9.17) is 11.6 Å². The molecule has 3 rings (SSSR count). The van der Waals surface area contributed by atoms with Gasteiger partial charge in [0.1, 0.15) is 11.7 Å². The molecule has 2 heterocycles. The lowest BCUT2D eigenvalue weighted by molar-refractivity contribution is -0.909. The molecule has 1 aromatic heterocycles. The molecule has 2 aromatic rings. The van der Waals surface area contributed by atoms with E-state index in [1.54, 1.807) is 18.2 Å². The summed E-state index contributed by atoms with van der Waals surface area (Å²) in [7, 11) is 0. The van der Waals surface area contributed by atoms with Crippen molar-refractivity contribution < 1.29 is 9.69 Å². The second-order valence-electron chi connectivity index (χ2n) is 6.16. The second kappa shape index (κ2) is 7.23. The Morgan fingerprint density at radius 2 is 2.29 bits per heavy atom.